The second-order valence-electron chi connectivity index (χ2n) is 12.0. The molecule has 226 valence electrons. The molecule has 9 aromatic rings. The molecular weight excluding hydrogens is 585 g/mol. The molecule has 0 amide bonds. The lowest BCUT2D eigenvalue weighted by Gasteiger charge is -2.11. The summed E-state index contributed by atoms with van der Waals surface area (Å²) in [6.07, 6.45) is 0. The molecule has 0 spiro atoms. The molecule has 0 unspecified atom stereocenters. The van der Waals surface area contributed by atoms with Crippen molar-refractivity contribution in [3.05, 3.63) is 182 Å². The van der Waals surface area contributed by atoms with Crippen molar-refractivity contribution in [2.75, 3.05) is 0 Å². The number of fused-ring (bicyclic) bond motifs is 3. The molecule has 9 rings (SSSR count). The van der Waals surface area contributed by atoms with Gasteiger partial charge in [0.05, 0.1) is 16.7 Å². The van der Waals surface area contributed by atoms with Gasteiger partial charge in [0.1, 0.15) is 0 Å². The smallest absolute Gasteiger partial charge is 0.182 e. The van der Waals surface area contributed by atoms with E-state index in [0.29, 0.717) is 5.82 Å². The predicted octanol–water partition coefficient (Wildman–Crippen LogP) is 11.0. The zero-order valence-electron chi connectivity index (χ0n) is 26.1. The fourth-order valence-corrected chi connectivity index (χ4v) is 6.64. The summed E-state index contributed by atoms with van der Waals surface area (Å²) in [5.41, 5.74) is 11.2. The van der Waals surface area contributed by atoms with E-state index >= 15 is 0 Å². The molecule has 0 aliphatic heterocycles. The van der Waals surface area contributed by atoms with Gasteiger partial charge in [0.2, 0.25) is 0 Å². The van der Waals surface area contributed by atoms with Crippen LogP contribution in [0.15, 0.2) is 182 Å². The van der Waals surface area contributed by atoms with Crippen molar-refractivity contribution in [3.8, 4) is 56.4 Å². The standard InChI is InChI=1S/C44H30N4/c1-5-13-31(14-6-1)35-21-27-41-39(29-35)40-30-36(32-15-7-2-8-16-32)22-28-42(40)47(41)37-23-25-38(26-24-37)48-44(34-19-11-4-12-20-34)45-43(46-48)33-17-9-3-10-18-33/h1-30H. The fraction of sp³-hybridized carbons (Fsp3) is 0. The summed E-state index contributed by atoms with van der Waals surface area (Å²) in [6, 6.07) is 63.9. The van der Waals surface area contributed by atoms with E-state index in [4.69, 9.17) is 10.1 Å². The first-order valence-corrected chi connectivity index (χ1v) is 16.2. The van der Waals surface area contributed by atoms with Crippen LogP contribution < -0.4 is 0 Å². The number of benzene rings is 7. The van der Waals surface area contributed by atoms with Crippen LogP contribution in [0.5, 0.6) is 0 Å². The van der Waals surface area contributed by atoms with E-state index in [0.717, 1.165) is 28.3 Å². The van der Waals surface area contributed by atoms with Crippen LogP contribution in [-0.4, -0.2) is 19.3 Å². The molecule has 7 aromatic carbocycles. The lowest BCUT2D eigenvalue weighted by atomic mass is 10.0. The maximum Gasteiger partial charge on any atom is 0.182 e. The van der Waals surface area contributed by atoms with Crippen molar-refractivity contribution in [2.45, 2.75) is 0 Å². The second kappa shape index (κ2) is 11.7. The Hall–Kier alpha value is -6.52. The summed E-state index contributed by atoms with van der Waals surface area (Å²) >= 11 is 0. The molecule has 0 radical (unpaired) electrons. The van der Waals surface area contributed by atoms with Crippen LogP contribution in [0.2, 0.25) is 0 Å². The van der Waals surface area contributed by atoms with Gasteiger partial charge in [0.15, 0.2) is 11.6 Å². The predicted molar refractivity (Wildman–Crippen MR) is 197 cm³/mol. The van der Waals surface area contributed by atoms with E-state index in [9.17, 15) is 0 Å². The van der Waals surface area contributed by atoms with Gasteiger partial charge in [-0.3, -0.25) is 0 Å². The van der Waals surface area contributed by atoms with Crippen LogP contribution in [-0.2, 0) is 0 Å². The van der Waals surface area contributed by atoms with Crippen molar-refractivity contribution in [1.29, 1.82) is 0 Å². The van der Waals surface area contributed by atoms with Gasteiger partial charge < -0.3 is 4.57 Å². The Morgan fingerprint density at radius 2 is 0.792 bits per heavy atom. The first-order chi connectivity index (χ1) is 23.8. The Labute approximate surface area is 278 Å². The molecule has 0 atom stereocenters. The Morgan fingerprint density at radius 1 is 0.354 bits per heavy atom. The fourth-order valence-electron chi connectivity index (χ4n) is 6.64. The van der Waals surface area contributed by atoms with Gasteiger partial charge in [-0.05, 0) is 70.8 Å². The molecular formula is C44H30N4. The van der Waals surface area contributed by atoms with E-state index < -0.39 is 0 Å². The van der Waals surface area contributed by atoms with Crippen molar-refractivity contribution in [3.63, 3.8) is 0 Å². The summed E-state index contributed by atoms with van der Waals surface area (Å²) < 4.78 is 4.32. The number of rotatable bonds is 6. The van der Waals surface area contributed by atoms with Crippen LogP contribution in [0.4, 0.5) is 0 Å². The molecule has 0 aliphatic carbocycles. The highest BCUT2D eigenvalue weighted by molar-refractivity contribution is 6.11. The van der Waals surface area contributed by atoms with Gasteiger partial charge in [-0.15, -0.1) is 5.10 Å². The highest BCUT2D eigenvalue weighted by Crippen LogP contribution is 2.37. The summed E-state index contributed by atoms with van der Waals surface area (Å²) in [7, 11) is 0. The van der Waals surface area contributed by atoms with Crippen LogP contribution in [0.1, 0.15) is 0 Å². The highest BCUT2D eigenvalue weighted by Gasteiger charge is 2.17. The Morgan fingerprint density at radius 3 is 1.29 bits per heavy atom. The molecule has 2 heterocycles. The summed E-state index contributed by atoms with van der Waals surface area (Å²) in [6.45, 7) is 0. The first-order valence-electron chi connectivity index (χ1n) is 16.2. The Balaban J connectivity index is 1.20. The van der Waals surface area contributed by atoms with Gasteiger partial charge in [-0.1, -0.05) is 133 Å². The van der Waals surface area contributed by atoms with Crippen molar-refractivity contribution in [1.82, 2.24) is 19.3 Å². The third-order valence-corrected chi connectivity index (χ3v) is 9.00. The third-order valence-electron chi connectivity index (χ3n) is 9.00. The zero-order valence-corrected chi connectivity index (χ0v) is 26.1. The molecule has 0 N–H and O–H groups in total. The monoisotopic (exact) mass is 614 g/mol. The molecule has 0 aliphatic rings. The normalized spacial score (nSPS) is 11.3. The number of nitrogens with zero attached hydrogens (tertiary/aromatic N) is 4. The van der Waals surface area contributed by atoms with Crippen LogP contribution in [0.3, 0.4) is 0 Å². The quantitative estimate of drug-likeness (QED) is 0.187. The minimum absolute atomic E-state index is 0.698. The van der Waals surface area contributed by atoms with E-state index in [1.54, 1.807) is 0 Å². The summed E-state index contributed by atoms with van der Waals surface area (Å²) in [5.74, 6) is 1.50. The Bertz CT molecular complexity index is 2420. The van der Waals surface area contributed by atoms with Crippen molar-refractivity contribution in [2.24, 2.45) is 0 Å². The molecule has 4 heteroatoms. The number of hydrogen-bond acceptors (Lipinski definition) is 2. The van der Waals surface area contributed by atoms with E-state index in [-0.39, 0.29) is 0 Å². The molecule has 0 saturated carbocycles. The lowest BCUT2D eigenvalue weighted by Crippen LogP contribution is -2.01. The summed E-state index contributed by atoms with van der Waals surface area (Å²) in [4.78, 5) is 4.99. The van der Waals surface area contributed by atoms with Gasteiger partial charge in [-0.25, -0.2) is 9.67 Å². The van der Waals surface area contributed by atoms with Crippen molar-refractivity contribution < 1.29 is 0 Å². The van der Waals surface area contributed by atoms with Crippen LogP contribution in [0.25, 0.3) is 78.2 Å². The van der Waals surface area contributed by atoms with Gasteiger partial charge in [0.25, 0.3) is 0 Å². The lowest BCUT2D eigenvalue weighted by molar-refractivity contribution is 0.889. The SMILES string of the molecule is c1ccc(-c2ccc3c(c2)c2cc(-c4ccccc4)ccc2n3-c2ccc(-n3nc(-c4ccccc4)nc3-c3ccccc3)cc2)cc1. The molecule has 0 saturated heterocycles. The van der Waals surface area contributed by atoms with Gasteiger partial charge >= 0.3 is 0 Å². The van der Waals surface area contributed by atoms with Crippen molar-refractivity contribution >= 4 is 21.8 Å². The van der Waals surface area contributed by atoms with Gasteiger partial charge in [0, 0.05) is 27.6 Å². The highest BCUT2D eigenvalue weighted by atomic mass is 15.4. The summed E-state index contributed by atoms with van der Waals surface area (Å²) in [5, 5.41) is 7.45. The zero-order chi connectivity index (χ0) is 31.9. The molecule has 2 aromatic heterocycles. The Kier molecular flexibility index (Phi) is 6.76. The second-order valence-corrected chi connectivity index (χ2v) is 12.0. The van der Waals surface area contributed by atoms with E-state index in [2.05, 4.69) is 138 Å². The van der Waals surface area contributed by atoms with E-state index in [1.165, 1.54) is 44.1 Å². The van der Waals surface area contributed by atoms with Crippen LogP contribution in [0, 0.1) is 0 Å². The number of hydrogen-bond donors (Lipinski definition) is 0. The average molecular weight is 615 g/mol. The molecule has 0 fully saturated rings. The van der Waals surface area contributed by atoms with Crippen LogP contribution >= 0.6 is 0 Å². The average Bonchev–Trinajstić information content (AvgIpc) is 3.76. The molecule has 0 bridgehead atoms. The van der Waals surface area contributed by atoms with E-state index in [1.807, 2.05) is 53.2 Å². The first kappa shape index (κ1) is 27.8. The minimum atomic E-state index is 0.698. The minimum Gasteiger partial charge on any atom is -0.309 e. The van der Waals surface area contributed by atoms with Gasteiger partial charge in [-0.2, -0.15) is 0 Å². The maximum atomic E-state index is 5.00. The molecule has 48 heavy (non-hydrogen) atoms. The maximum absolute atomic E-state index is 5.00. The topological polar surface area (TPSA) is 35.6 Å². The largest absolute Gasteiger partial charge is 0.309 e. The molecule has 4 nitrogen and oxygen atoms in total. The third kappa shape index (κ3) is 4.88. The number of aromatic nitrogens is 4.